The van der Waals surface area contributed by atoms with Crippen molar-refractivity contribution in [1.82, 2.24) is 20.2 Å². The standard InChI is InChI=1S/C18H26N6O3/c1-26-12-11-24-18(20-21-22-24)16(14-5-3-4-6-15(14)27-2)23-9-7-13(8-10-23)17(19)25/h3-6,13,16H,7-12H2,1-2H3,(H2,19,25)/p+1/t16-/m1/s1. The van der Waals surface area contributed by atoms with Crippen molar-refractivity contribution in [3.63, 3.8) is 0 Å². The first-order valence-corrected chi connectivity index (χ1v) is 9.17. The van der Waals surface area contributed by atoms with Crippen LogP contribution in [0.25, 0.3) is 0 Å². The molecule has 1 saturated heterocycles. The number of piperidine rings is 1. The Morgan fingerprint density at radius 1 is 1.33 bits per heavy atom. The topological polar surface area (TPSA) is 110 Å². The zero-order valence-electron chi connectivity index (χ0n) is 15.8. The summed E-state index contributed by atoms with van der Waals surface area (Å²) in [4.78, 5) is 12.8. The van der Waals surface area contributed by atoms with Gasteiger partial charge >= 0.3 is 0 Å². The molecule has 3 N–H and O–H groups in total. The average Bonchev–Trinajstić information content (AvgIpc) is 3.15. The van der Waals surface area contributed by atoms with E-state index in [9.17, 15) is 4.79 Å². The summed E-state index contributed by atoms with van der Waals surface area (Å²) >= 11 is 0. The van der Waals surface area contributed by atoms with Crippen molar-refractivity contribution < 1.29 is 19.2 Å². The lowest BCUT2D eigenvalue weighted by Gasteiger charge is -2.33. The molecular weight excluding hydrogens is 348 g/mol. The smallest absolute Gasteiger partial charge is 0.220 e. The first-order valence-electron chi connectivity index (χ1n) is 9.17. The fourth-order valence-electron chi connectivity index (χ4n) is 3.76. The van der Waals surface area contributed by atoms with Gasteiger partial charge in [-0.3, -0.25) is 4.79 Å². The lowest BCUT2D eigenvalue weighted by molar-refractivity contribution is -0.931. The third-order valence-electron chi connectivity index (χ3n) is 5.21. The molecule has 9 heteroatoms. The number of carbonyl (C=O) groups excluding carboxylic acids is 1. The van der Waals surface area contributed by atoms with Crippen LogP contribution in [0.4, 0.5) is 0 Å². The highest BCUT2D eigenvalue weighted by molar-refractivity contribution is 5.76. The maximum Gasteiger partial charge on any atom is 0.220 e. The summed E-state index contributed by atoms with van der Waals surface area (Å²) in [5.41, 5.74) is 6.53. The molecule has 0 unspecified atom stereocenters. The lowest BCUT2D eigenvalue weighted by Crippen LogP contribution is -3.13. The van der Waals surface area contributed by atoms with E-state index in [0.717, 1.165) is 43.1 Å². The molecule has 0 bridgehead atoms. The zero-order valence-corrected chi connectivity index (χ0v) is 15.8. The number of nitrogens with one attached hydrogen (secondary N) is 1. The fourth-order valence-corrected chi connectivity index (χ4v) is 3.76. The van der Waals surface area contributed by atoms with Crippen LogP contribution in [0.1, 0.15) is 30.3 Å². The maximum atomic E-state index is 11.5. The van der Waals surface area contributed by atoms with Crippen LogP contribution >= 0.6 is 0 Å². The first kappa shape index (κ1) is 19.2. The zero-order chi connectivity index (χ0) is 19.2. The van der Waals surface area contributed by atoms with Crippen LogP contribution in [0.5, 0.6) is 5.75 Å². The highest BCUT2D eigenvalue weighted by Crippen LogP contribution is 2.27. The lowest BCUT2D eigenvalue weighted by atomic mass is 9.93. The Morgan fingerprint density at radius 2 is 2.07 bits per heavy atom. The second-order valence-electron chi connectivity index (χ2n) is 6.76. The van der Waals surface area contributed by atoms with Gasteiger partial charge in [0.1, 0.15) is 5.75 Å². The number of rotatable bonds is 8. The summed E-state index contributed by atoms with van der Waals surface area (Å²) in [6.45, 7) is 2.72. The number of ether oxygens (including phenoxy) is 2. The molecule has 0 radical (unpaired) electrons. The number of nitrogens with zero attached hydrogens (tertiary/aromatic N) is 4. The number of aromatic nitrogens is 4. The van der Waals surface area contributed by atoms with Crippen LogP contribution in [-0.4, -0.2) is 60.0 Å². The molecule has 27 heavy (non-hydrogen) atoms. The average molecular weight is 375 g/mol. The highest BCUT2D eigenvalue weighted by atomic mass is 16.5. The van der Waals surface area contributed by atoms with Gasteiger partial charge in [0.15, 0.2) is 6.04 Å². The first-order chi connectivity index (χ1) is 13.2. The Bertz CT molecular complexity index is 757. The number of likely N-dealkylation sites (tertiary alicyclic amines) is 1. The molecule has 1 aromatic heterocycles. The van der Waals surface area contributed by atoms with E-state index < -0.39 is 0 Å². The summed E-state index contributed by atoms with van der Waals surface area (Å²) < 4.78 is 12.6. The van der Waals surface area contributed by atoms with Gasteiger partial charge < -0.3 is 20.1 Å². The number of primary amides is 1. The van der Waals surface area contributed by atoms with Crippen LogP contribution in [-0.2, 0) is 16.1 Å². The molecule has 2 aromatic rings. The van der Waals surface area contributed by atoms with Crippen molar-refractivity contribution in [3.8, 4) is 5.75 Å². The van der Waals surface area contributed by atoms with Gasteiger partial charge in [0.2, 0.25) is 11.7 Å². The maximum absolute atomic E-state index is 11.5. The SMILES string of the molecule is COCCn1nnnc1[C@@H](c1ccccc1OC)[NH+]1CCC(C(N)=O)CC1. The quantitative estimate of drug-likeness (QED) is 0.625. The predicted octanol–water partition coefficient (Wildman–Crippen LogP) is -0.802. The summed E-state index contributed by atoms with van der Waals surface area (Å²) in [5.74, 6) is 1.29. The van der Waals surface area contributed by atoms with Crippen LogP contribution in [0, 0.1) is 5.92 Å². The van der Waals surface area contributed by atoms with Gasteiger partial charge in [-0.2, -0.15) is 0 Å². The normalized spacial score (nSPS) is 21.0. The van der Waals surface area contributed by atoms with Crippen LogP contribution in [0.15, 0.2) is 24.3 Å². The van der Waals surface area contributed by atoms with Gasteiger partial charge in [0, 0.05) is 25.9 Å². The molecule has 9 nitrogen and oxygen atoms in total. The molecule has 0 aliphatic carbocycles. The molecule has 1 aromatic carbocycles. The third-order valence-corrected chi connectivity index (χ3v) is 5.21. The van der Waals surface area contributed by atoms with Crippen molar-refractivity contribution in [2.45, 2.75) is 25.4 Å². The molecule has 1 aliphatic heterocycles. The van der Waals surface area contributed by atoms with Crippen molar-refractivity contribution in [2.75, 3.05) is 33.9 Å². The fraction of sp³-hybridized carbons (Fsp3) is 0.556. The van der Waals surface area contributed by atoms with Crippen LogP contribution in [0.2, 0.25) is 0 Å². The number of amides is 1. The Morgan fingerprint density at radius 3 is 2.74 bits per heavy atom. The minimum Gasteiger partial charge on any atom is -0.496 e. The summed E-state index contributed by atoms with van der Waals surface area (Å²) in [6.07, 6.45) is 1.52. The van der Waals surface area contributed by atoms with Crippen molar-refractivity contribution in [2.24, 2.45) is 11.7 Å². The third kappa shape index (κ3) is 4.25. The number of nitrogens with two attached hydrogens (primary N) is 1. The summed E-state index contributed by atoms with van der Waals surface area (Å²) in [6, 6.07) is 7.83. The molecule has 1 aliphatic rings. The van der Waals surface area contributed by atoms with Crippen LogP contribution < -0.4 is 15.4 Å². The number of para-hydroxylation sites is 1. The number of carbonyl (C=O) groups is 1. The van der Waals surface area contributed by atoms with Gasteiger partial charge in [-0.05, 0) is 22.6 Å². The Labute approximate surface area is 158 Å². The number of tetrazole rings is 1. The molecule has 1 atom stereocenters. The van der Waals surface area contributed by atoms with E-state index in [-0.39, 0.29) is 17.9 Å². The van der Waals surface area contributed by atoms with E-state index in [4.69, 9.17) is 15.2 Å². The van der Waals surface area contributed by atoms with E-state index in [2.05, 4.69) is 15.5 Å². The van der Waals surface area contributed by atoms with E-state index in [0.29, 0.717) is 13.2 Å². The highest BCUT2D eigenvalue weighted by Gasteiger charge is 2.37. The monoisotopic (exact) mass is 375 g/mol. The van der Waals surface area contributed by atoms with Gasteiger partial charge in [-0.15, -0.1) is 5.10 Å². The van der Waals surface area contributed by atoms with Gasteiger partial charge in [-0.25, -0.2) is 4.68 Å². The Hall–Kier alpha value is -2.52. The van der Waals surface area contributed by atoms with Crippen molar-refractivity contribution >= 4 is 5.91 Å². The van der Waals surface area contributed by atoms with Gasteiger partial charge in [0.05, 0.1) is 38.9 Å². The van der Waals surface area contributed by atoms with Crippen molar-refractivity contribution in [3.05, 3.63) is 35.7 Å². The largest absolute Gasteiger partial charge is 0.496 e. The predicted molar refractivity (Wildman–Crippen MR) is 97.1 cm³/mol. The number of methoxy groups -OCH3 is 2. The Kier molecular flexibility index (Phi) is 6.36. The van der Waals surface area contributed by atoms with Crippen LogP contribution in [0.3, 0.4) is 0 Å². The number of benzene rings is 1. The molecule has 1 fully saturated rings. The van der Waals surface area contributed by atoms with Gasteiger partial charge in [0.25, 0.3) is 0 Å². The van der Waals surface area contributed by atoms with E-state index in [1.165, 1.54) is 4.90 Å². The molecular formula is C18H27N6O3+. The minimum absolute atomic E-state index is 0.0587. The molecule has 146 valence electrons. The molecule has 0 spiro atoms. The molecule has 0 saturated carbocycles. The van der Waals surface area contributed by atoms with Crippen molar-refractivity contribution in [1.29, 1.82) is 0 Å². The number of quaternary nitrogens is 1. The van der Waals surface area contributed by atoms with E-state index in [1.54, 1.807) is 18.9 Å². The van der Waals surface area contributed by atoms with Gasteiger partial charge in [-0.1, -0.05) is 12.1 Å². The molecule has 1 amide bonds. The Balaban J connectivity index is 1.95. The molecule has 2 heterocycles. The molecule has 3 rings (SSSR count). The number of hydrogen-bond donors (Lipinski definition) is 2. The van der Waals surface area contributed by atoms with E-state index >= 15 is 0 Å². The second-order valence-corrected chi connectivity index (χ2v) is 6.76. The second kappa shape index (κ2) is 8.92. The van der Waals surface area contributed by atoms with E-state index in [1.807, 2.05) is 24.3 Å². The number of hydrogen-bond acceptors (Lipinski definition) is 6. The minimum atomic E-state index is -0.215. The summed E-state index contributed by atoms with van der Waals surface area (Å²) in [7, 11) is 3.32. The summed E-state index contributed by atoms with van der Waals surface area (Å²) in [5, 5.41) is 12.4.